The fraction of sp³-hybridized carbons (Fsp3) is 0.577. The lowest BCUT2D eigenvalue weighted by atomic mass is 9.98. The molecule has 0 unspecified atom stereocenters. The van der Waals surface area contributed by atoms with E-state index in [4.69, 9.17) is 14.5 Å². The SMILES string of the molecule is COc1cc(Nc2ncc3c(n2)N(C2CCCC2)C(=O)C(C)(C)O3)ccc1N1CCC(C)CC1. The van der Waals surface area contributed by atoms with Crippen LogP contribution in [0, 0.1) is 5.92 Å². The summed E-state index contributed by atoms with van der Waals surface area (Å²) < 4.78 is 11.7. The molecule has 34 heavy (non-hydrogen) atoms. The van der Waals surface area contributed by atoms with Gasteiger partial charge in [-0.05, 0) is 57.6 Å². The second kappa shape index (κ2) is 8.96. The number of anilines is 4. The fourth-order valence-electron chi connectivity index (χ4n) is 5.27. The molecular formula is C26H35N5O3. The molecule has 1 saturated carbocycles. The molecule has 3 aliphatic rings. The fourth-order valence-corrected chi connectivity index (χ4v) is 5.27. The standard InChI is InChI=1S/C26H35N5O3/c1-17-11-13-30(14-12-17)20-10-9-18(15-21(20)33-4)28-25-27-16-22-23(29-25)31(19-7-5-6-8-19)24(32)26(2,3)34-22/h9-10,15-17,19H,5-8,11-14H2,1-4H3,(H,27,28,29). The Balaban J connectivity index is 1.41. The zero-order valence-corrected chi connectivity index (χ0v) is 20.6. The molecule has 1 aromatic heterocycles. The Morgan fingerprint density at radius 1 is 1.15 bits per heavy atom. The summed E-state index contributed by atoms with van der Waals surface area (Å²) in [5.41, 5.74) is 1.02. The minimum atomic E-state index is -0.927. The van der Waals surface area contributed by atoms with Crippen molar-refractivity contribution in [1.82, 2.24) is 9.97 Å². The molecule has 2 fully saturated rings. The van der Waals surface area contributed by atoms with Gasteiger partial charge in [0, 0.05) is 30.9 Å². The summed E-state index contributed by atoms with van der Waals surface area (Å²) in [6, 6.07) is 6.26. The third-order valence-electron chi connectivity index (χ3n) is 7.31. The van der Waals surface area contributed by atoms with Crippen LogP contribution in [0.25, 0.3) is 0 Å². The average molecular weight is 466 g/mol. The Hall–Kier alpha value is -3.03. The molecule has 1 N–H and O–H groups in total. The number of hydrogen-bond acceptors (Lipinski definition) is 7. The normalized spacial score (nSPS) is 20.8. The Morgan fingerprint density at radius 2 is 1.88 bits per heavy atom. The summed E-state index contributed by atoms with van der Waals surface area (Å²) in [5, 5.41) is 3.30. The number of amides is 1. The van der Waals surface area contributed by atoms with Crippen LogP contribution in [0.5, 0.6) is 11.5 Å². The van der Waals surface area contributed by atoms with Crippen LogP contribution >= 0.6 is 0 Å². The Morgan fingerprint density at radius 3 is 2.59 bits per heavy atom. The maximum absolute atomic E-state index is 13.3. The first-order valence-corrected chi connectivity index (χ1v) is 12.5. The highest BCUT2D eigenvalue weighted by atomic mass is 16.5. The Bertz CT molecular complexity index is 1060. The monoisotopic (exact) mass is 465 g/mol. The van der Waals surface area contributed by atoms with Gasteiger partial charge in [-0.15, -0.1) is 0 Å². The Kier molecular flexibility index (Phi) is 6.00. The highest BCUT2D eigenvalue weighted by Crippen LogP contribution is 2.41. The van der Waals surface area contributed by atoms with Crippen molar-refractivity contribution in [2.75, 3.05) is 35.3 Å². The van der Waals surface area contributed by atoms with Crippen molar-refractivity contribution in [3.05, 3.63) is 24.4 Å². The van der Waals surface area contributed by atoms with Crippen LogP contribution in [0.15, 0.2) is 24.4 Å². The van der Waals surface area contributed by atoms with Gasteiger partial charge in [0.05, 0.1) is 19.0 Å². The molecule has 0 radical (unpaired) electrons. The molecule has 0 atom stereocenters. The molecule has 1 aromatic carbocycles. The van der Waals surface area contributed by atoms with Crippen LogP contribution in [0.4, 0.5) is 23.1 Å². The summed E-state index contributed by atoms with van der Waals surface area (Å²) in [6.45, 7) is 8.01. The number of carbonyl (C=O) groups is 1. The first-order valence-electron chi connectivity index (χ1n) is 12.5. The average Bonchev–Trinajstić information content (AvgIpc) is 3.35. The maximum Gasteiger partial charge on any atom is 0.272 e. The van der Waals surface area contributed by atoms with E-state index in [0.717, 1.165) is 61.8 Å². The third-order valence-corrected chi connectivity index (χ3v) is 7.31. The van der Waals surface area contributed by atoms with E-state index in [9.17, 15) is 4.79 Å². The summed E-state index contributed by atoms with van der Waals surface area (Å²) in [5.74, 6) is 3.09. The van der Waals surface area contributed by atoms with E-state index in [1.165, 1.54) is 12.8 Å². The van der Waals surface area contributed by atoms with Gasteiger partial charge in [0.2, 0.25) is 5.95 Å². The second-order valence-corrected chi connectivity index (χ2v) is 10.3. The predicted octanol–water partition coefficient (Wildman–Crippen LogP) is 4.91. The number of nitrogens with one attached hydrogen (secondary N) is 1. The van der Waals surface area contributed by atoms with Gasteiger partial charge in [-0.25, -0.2) is 4.98 Å². The van der Waals surface area contributed by atoms with Crippen molar-refractivity contribution in [2.24, 2.45) is 5.92 Å². The lowest BCUT2D eigenvalue weighted by molar-refractivity contribution is -0.133. The minimum absolute atomic E-state index is 0.0431. The number of hydrogen-bond donors (Lipinski definition) is 1. The van der Waals surface area contributed by atoms with Crippen molar-refractivity contribution in [3.8, 4) is 11.5 Å². The van der Waals surface area contributed by atoms with E-state index in [0.29, 0.717) is 17.5 Å². The Labute approximate surface area is 201 Å². The van der Waals surface area contributed by atoms with Gasteiger partial charge in [0.15, 0.2) is 17.2 Å². The van der Waals surface area contributed by atoms with E-state index in [2.05, 4.69) is 28.2 Å². The number of methoxy groups -OCH3 is 1. The molecule has 8 nitrogen and oxygen atoms in total. The minimum Gasteiger partial charge on any atom is -0.495 e. The highest BCUT2D eigenvalue weighted by Gasteiger charge is 2.45. The van der Waals surface area contributed by atoms with Crippen molar-refractivity contribution in [3.63, 3.8) is 0 Å². The highest BCUT2D eigenvalue weighted by molar-refractivity contribution is 6.02. The van der Waals surface area contributed by atoms with Crippen molar-refractivity contribution < 1.29 is 14.3 Å². The number of fused-ring (bicyclic) bond motifs is 1. The zero-order chi connectivity index (χ0) is 23.9. The molecule has 1 saturated heterocycles. The molecule has 8 heteroatoms. The lowest BCUT2D eigenvalue weighted by Crippen LogP contribution is -2.55. The zero-order valence-electron chi connectivity index (χ0n) is 20.6. The van der Waals surface area contributed by atoms with Gasteiger partial charge in [0.25, 0.3) is 5.91 Å². The molecule has 0 bridgehead atoms. The van der Waals surface area contributed by atoms with Crippen LogP contribution in [-0.4, -0.2) is 47.7 Å². The predicted molar refractivity (Wildman–Crippen MR) is 133 cm³/mol. The van der Waals surface area contributed by atoms with E-state index < -0.39 is 5.60 Å². The van der Waals surface area contributed by atoms with Gasteiger partial charge in [-0.1, -0.05) is 19.8 Å². The van der Waals surface area contributed by atoms with Crippen LogP contribution < -0.4 is 24.6 Å². The number of rotatable bonds is 5. The van der Waals surface area contributed by atoms with Crippen molar-refractivity contribution in [1.29, 1.82) is 0 Å². The molecule has 3 heterocycles. The van der Waals surface area contributed by atoms with Crippen LogP contribution in [0.2, 0.25) is 0 Å². The van der Waals surface area contributed by atoms with Gasteiger partial charge >= 0.3 is 0 Å². The molecule has 1 aliphatic carbocycles. The number of benzene rings is 1. The number of carbonyl (C=O) groups excluding carboxylic acids is 1. The molecule has 2 aliphatic heterocycles. The third kappa shape index (κ3) is 4.26. The summed E-state index contributed by atoms with van der Waals surface area (Å²) in [6.07, 6.45) is 8.29. The largest absolute Gasteiger partial charge is 0.495 e. The second-order valence-electron chi connectivity index (χ2n) is 10.3. The first kappa shape index (κ1) is 22.7. The topological polar surface area (TPSA) is 79.8 Å². The summed E-state index contributed by atoms with van der Waals surface area (Å²) in [4.78, 5) is 26.7. The van der Waals surface area contributed by atoms with E-state index >= 15 is 0 Å². The maximum atomic E-state index is 13.3. The van der Waals surface area contributed by atoms with Crippen LogP contribution in [0.3, 0.4) is 0 Å². The quantitative estimate of drug-likeness (QED) is 0.672. The smallest absolute Gasteiger partial charge is 0.272 e. The van der Waals surface area contributed by atoms with Crippen molar-refractivity contribution >= 4 is 29.0 Å². The number of aromatic nitrogens is 2. The van der Waals surface area contributed by atoms with Gasteiger partial charge in [0.1, 0.15) is 5.75 Å². The molecule has 2 aromatic rings. The van der Waals surface area contributed by atoms with E-state index in [-0.39, 0.29) is 11.9 Å². The molecule has 1 amide bonds. The lowest BCUT2D eigenvalue weighted by Gasteiger charge is -2.40. The summed E-state index contributed by atoms with van der Waals surface area (Å²) >= 11 is 0. The van der Waals surface area contributed by atoms with Gasteiger partial charge in [-0.3, -0.25) is 9.69 Å². The van der Waals surface area contributed by atoms with Crippen molar-refractivity contribution in [2.45, 2.75) is 70.9 Å². The number of ether oxygens (including phenoxy) is 2. The number of nitrogens with zero attached hydrogens (tertiary/aromatic N) is 4. The molecule has 0 spiro atoms. The van der Waals surface area contributed by atoms with Crippen LogP contribution in [0.1, 0.15) is 59.3 Å². The summed E-state index contributed by atoms with van der Waals surface area (Å²) in [7, 11) is 1.70. The van der Waals surface area contributed by atoms with E-state index in [1.807, 2.05) is 30.9 Å². The van der Waals surface area contributed by atoms with Crippen LogP contribution in [-0.2, 0) is 4.79 Å². The van der Waals surface area contributed by atoms with Gasteiger partial charge in [-0.2, -0.15) is 4.98 Å². The molecular weight excluding hydrogens is 430 g/mol. The first-order chi connectivity index (χ1) is 16.4. The molecule has 5 rings (SSSR count). The molecule has 182 valence electrons. The van der Waals surface area contributed by atoms with Gasteiger partial charge < -0.3 is 19.7 Å². The number of piperidine rings is 1. The van der Waals surface area contributed by atoms with E-state index in [1.54, 1.807) is 13.3 Å².